The number of carbonyl (C=O) groups is 1. The quantitative estimate of drug-likeness (QED) is 0.0881. The van der Waals surface area contributed by atoms with Gasteiger partial charge in [0, 0.05) is 122 Å². The number of hydrogen-bond acceptors (Lipinski definition) is 22. The van der Waals surface area contributed by atoms with E-state index in [0.717, 1.165) is 106 Å². The molecule has 17 rings (SSSR count). The molecule has 0 spiro atoms. The lowest BCUT2D eigenvalue weighted by molar-refractivity contribution is -0.137. The first-order valence-electron chi connectivity index (χ1n) is 34.7. The summed E-state index contributed by atoms with van der Waals surface area (Å²) in [6, 6.07) is 39.7. The van der Waals surface area contributed by atoms with E-state index in [4.69, 9.17) is 57.6 Å². The molecule has 0 radical (unpaired) electrons. The number of Topliss-reactive ketones (excluding diaryl/α,β-unsaturated/α-hetero) is 1. The number of H-pyrrole nitrogens is 1. The molecule has 0 aliphatic carbocycles. The SMILES string of the molecule is COc1cccc2onc(N3CCN(c4ccccc4Cl)CC3)c12.CS(=O)(=O)CC(=O)c1cnc(N2CCN(c3noc4cccc(Cl)c34)CC2)c(Cl)c1.Cc1cccnc1N1CCN(c2noc3cccc(C(F)(F)F)c23)CC1.O=c1[nH]c2ccccc2n1C1CCN(c2noc3cccc(C(F)(F)F)c23)CC1. The number of aryl methyl sites for hydroxylation is 1. The van der Waals surface area contributed by atoms with Gasteiger partial charge in [0.25, 0.3) is 0 Å². The van der Waals surface area contributed by atoms with Gasteiger partial charge in [0.1, 0.15) is 28.5 Å². The molecule has 13 aromatic rings. The lowest BCUT2D eigenvalue weighted by Gasteiger charge is -2.36. The predicted molar refractivity (Wildman–Crippen MR) is 408 cm³/mol. The minimum atomic E-state index is -4.49. The number of aromatic nitrogens is 8. The Bertz CT molecular complexity index is 5620. The first-order valence-corrected chi connectivity index (χ1v) is 37.9. The normalized spacial score (nSPS) is 15.5. The highest BCUT2D eigenvalue weighted by Gasteiger charge is 2.39. The molecule has 0 atom stereocenters. The van der Waals surface area contributed by atoms with Gasteiger partial charge in [-0.25, -0.2) is 23.2 Å². The molecular weight excluding hydrogens is 1510 g/mol. The lowest BCUT2D eigenvalue weighted by Crippen LogP contribution is -2.47. The van der Waals surface area contributed by atoms with E-state index in [1.54, 1.807) is 28.8 Å². The number of aromatic amines is 1. The second-order valence-electron chi connectivity index (χ2n) is 26.4. The van der Waals surface area contributed by atoms with Gasteiger partial charge in [-0.2, -0.15) is 26.3 Å². The molecule has 6 aromatic carbocycles. The molecule has 4 aliphatic heterocycles. The van der Waals surface area contributed by atoms with Gasteiger partial charge in [-0.15, -0.1) is 0 Å². The number of fused-ring (bicyclic) bond motifs is 5. The number of sulfone groups is 1. The fraction of sp³-hybridized carbons (Fsp3) is 0.307. The highest BCUT2D eigenvalue weighted by Crippen LogP contribution is 2.43. The van der Waals surface area contributed by atoms with Crippen LogP contribution in [0.2, 0.25) is 15.1 Å². The fourth-order valence-corrected chi connectivity index (χ4v) is 15.6. The Morgan fingerprint density at radius 3 is 1.49 bits per heavy atom. The number of piperidine rings is 1. The van der Waals surface area contributed by atoms with Crippen molar-refractivity contribution in [1.82, 2.24) is 40.1 Å². The van der Waals surface area contributed by atoms with E-state index in [2.05, 4.69) is 61.2 Å². The van der Waals surface area contributed by atoms with Crippen molar-refractivity contribution in [3.05, 3.63) is 200 Å². The molecule has 7 aromatic heterocycles. The van der Waals surface area contributed by atoms with Gasteiger partial charge in [-0.3, -0.25) is 9.36 Å². The Morgan fingerprint density at radius 1 is 0.514 bits per heavy atom. The van der Waals surface area contributed by atoms with E-state index in [1.807, 2.05) is 102 Å². The van der Waals surface area contributed by atoms with Crippen LogP contribution in [-0.2, 0) is 22.2 Å². The number of methoxy groups -OCH3 is 1. The molecule has 0 amide bonds. The number of piperazine rings is 3. The third-order valence-electron chi connectivity index (χ3n) is 19.5. The number of ether oxygens (including phenoxy) is 1. The van der Waals surface area contributed by atoms with E-state index < -0.39 is 44.9 Å². The van der Waals surface area contributed by atoms with Crippen LogP contribution >= 0.6 is 34.8 Å². The summed E-state index contributed by atoms with van der Waals surface area (Å²) in [5.41, 5.74) is 3.97. The molecule has 1 N–H and O–H groups in total. The Kier molecular flexibility index (Phi) is 21.7. The number of anilines is 7. The van der Waals surface area contributed by atoms with Crippen LogP contribution in [0.4, 0.5) is 66.9 Å². The Balaban J connectivity index is 0.000000122. The van der Waals surface area contributed by atoms with Crippen molar-refractivity contribution in [3.63, 3.8) is 0 Å². The topological polar surface area (TPSA) is 251 Å². The number of halogens is 9. The number of rotatable bonds is 12. The molecular formula is C75H70Cl3F6N15O9S. The van der Waals surface area contributed by atoms with Crippen LogP contribution in [0.5, 0.6) is 5.75 Å². The summed E-state index contributed by atoms with van der Waals surface area (Å²) in [4.78, 5) is 50.5. The van der Waals surface area contributed by atoms with Crippen LogP contribution < -0.4 is 44.7 Å². The maximum absolute atomic E-state index is 13.5. The van der Waals surface area contributed by atoms with Gasteiger partial charge in [0.15, 0.2) is 61.2 Å². The summed E-state index contributed by atoms with van der Waals surface area (Å²) in [5, 5.41) is 19.7. The number of alkyl halides is 6. The van der Waals surface area contributed by atoms with E-state index in [1.165, 1.54) is 36.5 Å². The Morgan fingerprint density at radius 2 is 0.963 bits per heavy atom. The monoisotopic (exact) mass is 1580 g/mol. The number of nitrogens with zero attached hydrogens (tertiary/aromatic N) is 14. The first kappa shape index (κ1) is 75.1. The second kappa shape index (κ2) is 31.4. The standard InChI is InChI=1S/C20H17F3N4O2.C19H18Cl2N4O4S.C18H18ClN3O2.C18H17F3N4O/c21-20(22,23)13-4-3-7-16-17(13)18(25-29-16)26-10-8-12(9-11-26)27-15-6-2-1-5-14(15)24-19(27)28;1-30(27,28)11-15(26)12-9-14(21)18(22-10-12)24-5-7-25(8-6-24)19-17-13(20)3-2-4-16(17)29-23-19;1-23-15-7-4-8-16-17(15)18(20-24-16)22-11-9-21(10-12-22)14-6-3-2-5-13(14)19;1-12-4-3-7-22-16(12)24-8-10-25(11-9-24)17-15-13(18(19,20)21)5-2-6-14(15)26-23-17/h1-7,12H,8-11H2,(H,24,28);2-4,9-10H,5-8,11H2,1H3;2-8H,9-12H2,1H3;2-7H,8-11H2,1H3. The Hall–Kier alpha value is -10.8. The third kappa shape index (κ3) is 16.1. The van der Waals surface area contributed by atoms with E-state index in [9.17, 15) is 44.3 Å². The number of ketones is 1. The van der Waals surface area contributed by atoms with Crippen molar-refractivity contribution in [1.29, 1.82) is 0 Å². The molecule has 4 aliphatic rings. The number of benzene rings is 6. The summed E-state index contributed by atoms with van der Waals surface area (Å²) in [6.45, 7) is 11.4. The molecule has 34 heteroatoms. The second-order valence-corrected chi connectivity index (χ2v) is 29.8. The molecule has 24 nitrogen and oxygen atoms in total. The van der Waals surface area contributed by atoms with Crippen molar-refractivity contribution in [2.75, 3.05) is 145 Å². The average molecular weight is 1580 g/mol. The largest absolute Gasteiger partial charge is 0.496 e. The number of pyridine rings is 2. The van der Waals surface area contributed by atoms with Crippen LogP contribution in [0.25, 0.3) is 54.9 Å². The summed E-state index contributed by atoms with van der Waals surface area (Å²) >= 11 is 19.0. The molecule has 0 bridgehead atoms. The number of para-hydroxylation sites is 3. The van der Waals surface area contributed by atoms with Crippen LogP contribution in [-0.4, -0.2) is 165 Å². The predicted octanol–water partition coefficient (Wildman–Crippen LogP) is 15.1. The number of carbonyl (C=O) groups excluding carboxylic acids is 1. The van der Waals surface area contributed by atoms with Gasteiger partial charge < -0.3 is 62.1 Å². The number of nitrogens with one attached hydrogen (secondary N) is 1. The van der Waals surface area contributed by atoms with E-state index in [0.29, 0.717) is 106 Å². The van der Waals surface area contributed by atoms with Crippen molar-refractivity contribution in [2.24, 2.45) is 0 Å². The minimum Gasteiger partial charge on any atom is -0.496 e. The minimum absolute atomic E-state index is 0.0114. The molecule has 4 fully saturated rings. The van der Waals surface area contributed by atoms with Crippen LogP contribution in [0.15, 0.2) is 175 Å². The maximum atomic E-state index is 13.5. The summed E-state index contributed by atoms with van der Waals surface area (Å²) in [6.07, 6.45) is -3.59. The molecule has 11 heterocycles. The van der Waals surface area contributed by atoms with E-state index in [-0.39, 0.29) is 50.9 Å². The molecule has 4 saturated heterocycles. The molecule has 568 valence electrons. The molecule has 0 unspecified atom stereocenters. The smallest absolute Gasteiger partial charge is 0.417 e. The van der Waals surface area contributed by atoms with Gasteiger partial charge in [-0.05, 0) is 110 Å². The average Bonchev–Trinajstić information content (AvgIpc) is 1.67. The van der Waals surface area contributed by atoms with Crippen LogP contribution in [0, 0.1) is 6.92 Å². The highest BCUT2D eigenvalue weighted by atomic mass is 35.5. The summed E-state index contributed by atoms with van der Waals surface area (Å²) in [5.74, 6) is 3.16. The van der Waals surface area contributed by atoms with Crippen LogP contribution in [0.3, 0.4) is 0 Å². The maximum Gasteiger partial charge on any atom is 0.417 e. The van der Waals surface area contributed by atoms with Crippen molar-refractivity contribution >= 4 is 146 Å². The molecule has 0 saturated carbocycles. The lowest BCUT2D eigenvalue weighted by atomic mass is 10.0. The Labute approximate surface area is 633 Å². The van der Waals surface area contributed by atoms with Gasteiger partial charge in [0.2, 0.25) is 0 Å². The highest BCUT2D eigenvalue weighted by molar-refractivity contribution is 7.91. The fourth-order valence-electron chi connectivity index (χ4n) is 14.2. The summed E-state index contributed by atoms with van der Waals surface area (Å²) in [7, 11) is -1.75. The number of imidazole rings is 1. The molecule has 109 heavy (non-hydrogen) atoms. The third-order valence-corrected chi connectivity index (χ3v) is 21.2. The van der Waals surface area contributed by atoms with Crippen molar-refractivity contribution < 1.29 is 62.4 Å². The summed E-state index contributed by atoms with van der Waals surface area (Å²) < 4.78 is 132. The van der Waals surface area contributed by atoms with Crippen LogP contribution in [0.1, 0.15) is 45.9 Å². The number of hydrogen-bond donors (Lipinski definition) is 1. The van der Waals surface area contributed by atoms with Crippen molar-refractivity contribution in [2.45, 2.75) is 38.2 Å². The first-order chi connectivity index (χ1) is 52.4. The van der Waals surface area contributed by atoms with E-state index >= 15 is 0 Å². The van der Waals surface area contributed by atoms with Gasteiger partial charge in [0.05, 0.1) is 66.2 Å². The van der Waals surface area contributed by atoms with Crippen molar-refractivity contribution in [3.8, 4) is 5.75 Å². The zero-order valence-electron chi connectivity index (χ0n) is 58.8. The zero-order valence-corrected chi connectivity index (χ0v) is 61.9. The van der Waals surface area contributed by atoms with Gasteiger partial charge >= 0.3 is 18.0 Å². The van der Waals surface area contributed by atoms with Gasteiger partial charge in [-0.1, -0.05) is 110 Å². The zero-order chi connectivity index (χ0) is 76.5.